The molecular formula is C38H46O10. The zero-order valence-corrected chi connectivity index (χ0v) is 27.6. The standard InChI is InChI=1S/C38H46O10/c1-26(39)42-24-32-18-31(36(38(41)48-32)45-22-29-14-8-4-9-15-29)19-35-37(46-23-30-16-10-5-11-17-30)34(20-33(47-35)25-43-27(2)40)44-21-28-12-6-3-7-13-28/h3-17,31-38,41H,18-25H2,1-2H3. The van der Waals surface area contributed by atoms with Crippen molar-refractivity contribution in [3.63, 3.8) is 0 Å². The lowest BCUT2D eigenvalue weighted by Crippen LogP contribution is -2.55. The van der Waals surface area contributed by atoms with E-state index >= 15 is 0 Å². The summed E-state index contributed by atoms with van der Waals surface area (Å²) in [6.07, 6.45) is -3.04. The lowest BCUT2D eigenvalue weighted by molar-refractivity contribution is -0.268. The topological polar surface area (TPSA) is 119 Å². The molecule has 0 aromatic heterocycles. The highest BCUT2D eigenvalue weighted by molar-refractivity contribution is 5.66. The number of aliphatic hydroxyl groups excluding tert-OH is 1. The third kappa shape index (κ3) is 10.9. The van der Waals surface area contributed by atoms with Crippen LogP contribution in [0.15, 0.2) is 91.0 Å². The average Bonchev–Trinajstić information content (AvgIpc) is 3.09. The Balaban J connectivity index is 1.40. The van der Waals surface area contributed by atoms with Gasteiger partial charge in [0.25, 0.3) is 0 Å². The van der Waals surface area contributed by atoms with Gasteiger partial charge >= 0.3 is 11.9 Å². The molecule has 8 atom stereocenters. The molecule has 5 rings (SSSR count). The predicted molar refractivity (Wildman–Crippen MR) is 175 cm³/mol. The van der Waals surface area contributed by atoms with E-state index in [4.69, 9.17) is 33.2 Å². The van der Waals surface area contributed by atoms with Gasteiger partial charge in [-0.05, 0) is 35.4 Å². The molecule has 258 valence electrons. The Morgan fingerprint density at radius 1 is 0.646 bits per heavy atom. The van der Waals surface area contributed by atoms with Gasteiger partial charge in [0.05, 0.1) is 44.2 Å². The van der Waals surface area contributed by atoms with E-state index in [0.717, 1.165) is 16.7 Å². The summed E-state index contributed by atoms with van der Waals surface area (Å²) in [5.41, 5.74) is 2.99. The first-order valence-corrected chi connectivity index (χ1v) is 16.6. The minimum Gasteiger partial charge on any atom is -0.463 e. The molecule has 10 nitrogen and oxygen atoms in total. The SMILES string of the molecule is CC(=O)OCC1CC(CC2OC(COC(C)=O)CC(OCc3ccccc3)C2OCc2ccccc2)C(OCc2ccccc2)C(O)O1. The number of rotatable bonds is 15. The Kier molecular flexibility index (Phi) is 13.5. The van der Waals surface area contributed by atoms with Gasteiger partial charge < -0.3 is 38.3 Å². The van der Waals surface area contributed by atoms with Crippen molar-refractivity contribution in [2.75, 3.05) is 13.2 Å². The quantitative estimate of drug-likeness (QED) is 0.219. The molecule has 2 aliphatic heterocycles. The molecule has 0 saturated carbocycles. The molecule has 0 bridgehead atoms. The maximum Gasteiger partial charge on any atom is 0.302 e. The smallest absolute Gasteiger partial charge is 0.302 e. The van der Waals surface area contributed by atoms with Gasteiger partial charge in [0.2, 0.25) is 0 Å². The molecule has 2 fully saturated rings. The fraction of sp³-hybridized carbons (Fsp3) is 0.474. The first kappa shape index (κ1) is 35.7. The summed E-state index contributed by atoms with van der Waals surface area (Å²) in [6, 6.07) is 29.5. The number of carbonyl (C=O) groups excluding carboxylic acids is 2. The molecule has 3 aromatic carbocycles. The lowest BCUT2D eigenvalue weighted by Gasteiger charge is -2.45. The number of ether oxygens (including phenoxy) is 7. The molecule has 10 heteroatoms. The van der Waals surface area contributed by atoms with E-state index in [2.05, 4.69) is 0 Å². The molecule has 48 heavy (non-hydrogen) atoms. The number of benzene rings is 3. The van der Waals surface area contributed by atoms with Crippen LogP contribution in [-0.4, -0.2) is 73.2 Å². The molecule has 2 heterocycles. The number of aliphatic hydroxyl groups is 1. The van der Waals surface area contributed by atoms with Gasteiger partial charge in [-0.1, -0.05) is 91.0 Å². The van der Waals surface area contributed by atoms with Crippen LogP contribution in [0.25, 0.3) is 0 Å². The van der Waals surface area contributed by atoms with Gasteiger partial charge in [-0.2, -0.15) is 0 Å². The van der Waals surface area contributed by atoms with Crippen molar-refractivity contribution < 1.29 is 47.9 Å². The molecule has 2 saturated heterocycles. The summed E-state index contributed by atoms with van der Waals surface area (Å²) in [6.45, 7) is 3.77. The molecule has 2 aliphatic rings. The van der Waals surface area contributed by atoms with E-state index in [9.17, 15) is 14.7 Å². The second-order valence-corrected chi connectivity index (χ2v) is 12.4. The maximum absolute atomic E-state index is 11.8. The Labute approximate surface area is 282 Å². The summed E-state index contributed by atoms with van der Waals surface area (Å²) in [5, 5.41) is 11.2. The zero-order valence-electron chi connectivity index (χ0n) is 27.6. The van der Waals surface area contributed by atoms with E-state index in [1.54, 1.807) is 0 Å². The normalized spacial score (nSPS) is 27.2. The molecule has 1 N–H and O–H groups in total. The van der Waals surface area contributed by atoms with Gasteiger partial charge in [-0.15, -0.1) is 0 Å². The van der Waals surface area contributed by atoms with Crippen molar-refractivity contribution >= 4 is 11.9 Å². The van der Waals surface area contributed by atoms with Gasteiger partial charge in [-0.25, -0.2) is 0 Å². The van der Waals surface area contributed by atoms with Crippen LogP contribution in [0.5, 0.6) is 0 Å². The minimum atomic E-state index is -1.26. The van der Waals surface area contributed by atoms with Crippen LogP contribution in [-0.2, 0) is 62.6 Å². The van der Waals surface area contributed by atoms with Crippen molar-refractivity contribution in [3.05, 3.63) is 108 Å². The summed E-state index contributed by atoms with van der Waals surface area (Å²) in [7, 11) is 0. The number of hydrogen-bond donors (Lipinski definition) is 1. The minimum absolute atomic E-state index is 0.00560. The van der Waals surface area contributed by atoms with Gasteiger partial charge in [0.15, 0.2) is 6.29 Å². The van der Waals surface area contributed by atoms with E-state index in [1.807, 2.05) is 91.0 Å². The maximum atomic E-state index is 11.8. The van der Waals surface area contributed by atoms with Crippen molar-refractivity contribution in [2.45, 2.75) is 95.8 Å². The highest BCUT2D eigenvalue weighted by Crippen LogP contribution is 2.37. The zero-order chi connectivity index (χ0) is 33.7. The largest absolute Gasteiger partial charge is 0.463 e. The third-order valence-corrected chi connectivity index (χ3v) is 8.60. The van der Waals surface area contributed by atoms with Gasteiger partial charge in [0, 0.05) is 20.3 Å². The van der Waals surface area contributed by atoms with Crippen LogP contribution in [0.3, 0.4) is 0 Å². The second kappa shape index (κ2) is 18.2. The molecule has 3 aromatic rings. The van der Waals surface area contributed by atoms with Crippen LogP contribution in [0.4, 0.5) is 0 Å². The average molecular weight is 663 g/mol. The Morgan fingerprint density at radius 2 is 1.10 bits per heavy atom. The molecule has 8 unspecified atom stereocenters. The summed E-state index contributed by atoms with van der Waals surface area (Å²) >= 11 is 0. The summed E-state index contributed by atoms with van der Waals surface area (Å²) < 4.78 is 42.7. The van der Waals surface area contributed by atoms with E-state index < -0.39 is 54.9 Å². The van der Waals surface area contributed by atoms with Gasteiger partial charge in [0.1, 0.15) is 25.4 Å². The Morgan fingerprint density at radius 3 is 1.60 bits per heavy atom. The molecular weight excluding hydrogens is 616 g/mol. The monoisotopic (exact) mass is 662 g/mol. The fourth-order valence-corrected chi connectivity index (χ4v) is 6.31. The highest BCUT2D eigenvalue weighted by Gasteiger charge is 2.46. The summed E-state index contributed by atoms with van der Waals surface area (Å²) in [4.78, 5) is 23.4. The van der Waals surface area contributed by atoms with Crippen molar-refractivity contribution in [1.29, 1.82) is 0 Å². The highest BCUT2D eigenvalue weighted by atomic mass is 16.7. The van der Waals surface area contributed by atoms with Crippen LogP contribution >= 0.6 is 0 Å². The van der Waals surface area contributed by atoms with E-state index in [-0.39, 0.29) is 25.7 Å². The van der Waals surface area contributed by atoms with Crippen LogP contribution in [0.1, 0.15) is 49.8 Å². The van der Waals surface area contributed by atoms with Crippen molar-refractivity contribution in [2.24, 2.45) is 5.92 Å². The van der Waals surface area contributed by atoms with Crippen molar-refractivity contribution in [3.8, 4) is 0 Å². The first-order chi connectivity index (χ1) is 23.3. The number of esters is 2. The second-order valence-electron chi connectivity index (χ2n) is 12.4. The summed E-state index contributed by atoms with van der Waals surface area (Å²) in [5.74, 6) is -1.09. The first-order valence-electron chi connectivity index (χ1n) is 16.6. The fourth-order valence-electron chi connectivity index (χ4n) is 6.31. The van der Waals surface area contributed by atoms with Crippen LogP contribution in [0, 0.1) is 5.92 Å². The van der Waals surface area contributed by atoms with Gasteiger partial charge in [-0.3, -0.25) is 9.59 Å². The molecule has 0 amide bonds. The molecule has 0 spiro atoms. The van der Waals surface area contributed by atoms with Crippen LogP contribution in [0.2, 0.25) is 0 Å². The predicted octanol–water partition coefficient (Wildman–Crippen LogP) is 5.14. The van der Waals surface area contributed by atoms with E-state index in [0.29, 0.717) is 32.5 Å². The van der Waals surface area contributed by atoms with E-state index in [1.165, 1.54) is 13.8 Å². The number of hydrogen-bond acceptors (Lipinski definition) is 10. The third-order valence-electron chi connectivity index (χ3n) is 8.60. The Bertz CT molecular complexity index is 1390. The Hall–Kier alpha value is -3.64. The molecule has 0 aliphatic carbocycles. The lowest BCUT2D eigenvalue weighted by atomic mass is 9.83. The van der Waals surface area contributed by atoms with Crippen LogP contribution < -0.4 is 0 Å². The van der Waals surface area contributed by atoms with Crippen molar-refractivity contribution in [1.82, 2.24) is 0 Å². The molecule has 0 radical (unpaired) electrons. The number of carbonyl (C=O) groups is 2.